The fourth-order valence-electron chi connectivity index (χ4n) is 2.95. The molecule has 134 valence electrons. The molecule has 2 N–H and O–H groups in total. The first-order valence-corrected chi connectivity index (χ1v) is 8.98. The van der Waals surface area contributed by atoms with E-state index in [1.165, 1.54) is 18.4 Å². The molecule has 7 heteroatoms. The van der Waals surface area contributed by atoms with Gasteiger partial charge in [-0.25, -0.2) is 4.79 Å². The third-order valence-corrected chi connectivity index (χ3v) is 5.21. The average Bonchev–Trinajstić information content (AvgIpc) is 3.18. The number of thiophene rings is 1. The quantitative estimate of drug-likeness (QED) is 0.531. The Morgan fingerprint density at radius 1 is 1.07 bits per heavy atom. The Balaban J connectivity index is 1.73. The van der Waals surface area contributed by atoms with Crippen molar-refractivity contribution in [2.75, 3.05) is 12.4 Å². The van der Waals surface area contributed by atoms with Crippen molar-refractivity contribution in [2.45, 2.75) is 0 Å². The number of H-pyrrole nitrogens is 1. The first-order valence-electron chi connectivity index (χ1n) is 8.10. The van der Waals surface area contributed by atoms with Crippen molar-refractivity contribution in [1.29, 1.82) is 0 Å². The van der Waals surface area contributed by atoms with E-state index >= 15 is 0 Å². The first-order chi connectivity index (χ1) is 13.1. The summed E-state index contributed by atoms with van der Waals surface area (Å²) in [6.45, 7) is 0. The molecule has 1 amide bonds. The summed E-state index contributed by atoms with van der Waals surface area (Å²) in [5.41, 5.74) is 1.39. The maximum atomic E-state index is 12.7. The SMILES string of the molecule is COC(=O)c1ccccc1NC(=O)c1ccc2c(c1)[nH]c(=O)c1ccsc12. The van der Waals surface area contributed by atoms with Gasteiger partial charge in [-0.3, -0.25) is 9.59 Å². The number of aromatic nitrogens is 1. The van der Waals surface area contributed by atoms with Crippen LogP contribution in [0.1, 0.15) is 20.7 Å². The van der Waals surface area contributed by atoms with Gasteiger partial charge in [0.2, 0.25) is 0 Å². The van der Waals surface area contributed by atoms with E-state index in [1.807, 2.05) is 11.4 Å². The molecule has 0 spiro atoms. The molecule has 0 radical (unpaired) electrons. The van der Waals surface area contributed by atoms with Crippen molar-refractivity contribution in [3.8, 4) is 0 Å². The lowest BCUT2D eigenvalue weighted by atomic mass is 10.1. The van der Waals surface area contributed by atoms with Crippen LogP contribution < -0.4 is 10.9 Å². The number of hydrogen-bond acceptors (Lipinski definition) is 5. The number of pyridine rings is 1. The summed E-state index contributed by atoms with van der Waals surface area (Å²) in [6, 6.07) is 13.5. The Hall–Kier alpha value is -3.45. The summed E-state index contributed by atoms with van der Waals surface area (Å²) in [5, 5.41) is 6.11. The van der Waals surface area contributed by atoms with Crippen molar-refractivity contribution in [3.05, 3.63) is 75.4 Å². The standard InChI is InChI=1S/C20H14N2O4S/c1-26-20(25)13-4-2-3-5-15(13)21-18(23)11-6-7-12-16(10-11)22-19(24)14-8-9-27-17(12)14/h2-10H,1H3,(H,21,23)(H,22,24). The van der Waals surface area contributed by atoms with Crippen LogP contribution >= 0.6 is 11.3 Å². The van der Waals surface area contributed by atoms with E-state index in [4.69, 9.17) is 4.74 Å². The maximum Gasteiger partial charge on any atom is 0.339 e. The van der Waals surface area contributed by atoms with Gasteiger partial charge in [0, 0.05) is 15.6 Å². The molecule has 0 atom stereocenters. The highest BCUT2D eigenvalue weighted by atomic mass is 32.1. The smallest absolute Gasteiger partial charge is 0.339 e. The van der Waals surface area contributed by atoms with Gasteiger partial charge in [-0.1, -0.05) is 18.2 Å². The van der Waals surface area contributed by atoms with E-state index in [9.17, 15) is 14.4 Å². The number of methoxy groups -OCH3 is 1. The molecule has 6 nitrogen and oxygen atoms in total. The van der Waals surface area contributed by atoms with Crippen LogP contribution in [0, 0.1) is 0 Å². The van der Waals surface area contributed by atoms with Gasteiger partial charge >= 0.3 is 5.97 Å². The van der Waals surface area contributed by atoms with Gasteiger partial charge in [0.05, 0.1) is 29.3 Å². The number of ether oxygens (including phenoxy) is 1. The lowest BCUT2D eigenvalue weighted by molar-refractivity contribution is 0.0602. The largest absolute Gasteiger partial charge is 0.465 e. The molecule has 0 unspecified atom stereocenters. The normalized spacial score (nSPS) is 10.9. The number of amides is 1. The van der Waals surface area contributed by atoms with E-state index < -0.39 is 5.97 Å². The number of anilines is 1. The van der Waals surface area contributed by atoms with Gasteiger partial charge in [0.15, 0.2) is 0 Å². The number of carbonyl (C=O) groups is 2. The summed E-state index contributed by atoms with van der Waals surface area (Å²) >= 11 is 1.48. The lowest BCUT2D eigenvalue weighted by Crippen LogP contribution is -2.15. The second kappa shape index (κ2) is 6.69. The van der Waals surface area contributed by atoms with Crippen LogP contribution in [0.2, 0.25) is 0 Å². The molecule has 2 aromatic heterocycles. The Morgan fingerprint density at radius 2 is 1.89 bits per heavy atom. The minimum atomic E-state index is -0.533. The molecule has 0 aliphatic rings. The molecule has 0 fully saturated rings. The number of nitrogens with one attached hydrogen (secondary N) is 2. The Bertz CT molecular complexity index is 1260. The zero-order chi connectivity index (χ0) is 19.0. The summed E-state index contributed by atoms with van der Waals surface area (Å²) in [6.07, 6.45) is 0. The van der Waals surface area contributed by atoms with Gasteiger partial charge in [-0.05, 0) is 35.7 Å². The molecular formula is C20H14N2O4S. The summed E-state index contributed by atoms with van der Waals surface area (Å²) in [7, 11) is 1.28. The van der Waals surface area contributed by atoms with Gasteiger partial charge in [-0.2, -0.15) is 0 Å². The van der Waals surface area contributed by atoms with Crippen molar-refractivity contribution < 1.29 is 14.3 Å². The van der Waals surface area contributed by atoms with E-state index in [1.54, 1.807) is 42.5 Å². The van der Waals surface area contributed by atoms with Gasteiger partial charge in [0.1, 0.15) is 0 Å². The molecule has 27 heavy (non-hydrogen) atoms. The highest BCUT2D eigenvalue weighted by molar-refractivity contribution is 7.18. The van der Waals surface area contributed by atoms with E-state index in [2.05, 4.69) is 10.3 Å². The number of hydrogen-bond donors (Lipinski definition) is 2. The fourth-order valence-corrected chi connectivity index (χ4v) is 3.88. The second-order valence-corrected chi connectivity index (χ2v) is 6.79. The monoisotopic (exact) mass is 378 g/mol. The molecule has 0 aliphatic carbocycles. The van der Waals surface area contributed by atoms with E-state index in [-0.39, 0.29) is 17.0 Å². The molecule has 2 aromatic carbocycles. The molecule has 0 saturated heterocycles. The third-order valence-electron chi connectivity index (χ3n) is 4.27. The maximum absolute atomic E-state index is 12.7. The Labute approximate surface area is 157 Å². The molecule has 4 rings (SSSR count). The molecular weight excluding hydrogens is 364 g/mol. The van der Waals surface area contributed by atoms with Crippen LogP contribution in [0.15, 0.2) is 58.7 Å². The lowest BCUT2D eigenvalue weighted by Gasteiger charge is -2.10. The highest BCUT2D eigenvalue weighted by Gasteiger charge is 2.15. The van der Waals surface area contributed by atoms with Crippen LogP contribution in [0.3, 0.4) is 0 Å². The Kier molecular flexibility index (Phi) is 4.21. The minimum absolute atomic E-state index is 0.188. The zero-order valence-corrected chi connectivity index (χ0v) is 15.1. The van der Waals surface area contributed by atoms with Gasteiger partial charge < -0.3 is 15.0 Å². The van der Waals surface area contributed by atoms with Crippen molar-refractivity contribution >= 4 is 49.9 Å². The summed E-state index contributed by atoms with van der Waals surface area (Å²) in [5.74, 6) is -0.922. The molecule has 0 aliphatic heterocycles. The van der Waals surface area contributed by atoms with Crippen LogP contribution in [0.5, 0.6) is 0 Å². The van der Waals surface area contributed by atoms with Crippen LogP contribution in [0.25, 0.3) is 21.0 Å². The van der Waals surface area contributed by atoms with Crippen molar-refractivity contribution in [1.82, 2.24) is 4.98 Å². The third kappa shape index (κ3) is 2.98. The van der Waals surface area contributed by atoms with Crippen LogP contribution in [0.4, 0.5) is 5.69 Å². The Morgan fingerprint density at radius 3 is 2.70 bits per heavy atom. The summed E-state index contributed by atoms with van der Waals surface area (Å²) < 4.78 is 5.63. The van der Waals surface area contributed by atoms with E-state index in [0.717, 1.165) is 10.1 Å². The highest BCUT2D eigenvalue weighted by Crippen LogP contribution is 2.27. The number of aromatic amines is 1. The number of para-hydroxylation sites is 1. The predicted octanol–water partition coefficient (Wildman–Crippen LogP) is 3.78. The number of benzene rings is 2. The van der Waals surface area contributed by atoms with Crippen LogP contribution in [-0.2, 0) is 4.74 Å². The number of carbonyl (C=O) groups excluding carboxylic acids is 2. The first kappa shape index (κ1) is 17.0. The zero-order valence-electron chi connectivity index (χ0n) is 14.2. The number of fused-ring (bicyclic) bond motifs is 3. The molecule has 4 aromatic rings. The minimum Gasteiger partial charge on any atom is -0.465 e. The van der Waals surface area contributed by atoms with Crippen molar-refractivity contribution in [2.24, 2.45) is 0 Å². The van der Waals surface area contributed by atoms with Gasteiger partial charge in [-0.15, -0.1) is 11.3 Å². The average molecular weight is 378 g/mol. The topological polar surface area (TPSA) is 88.3 Å². The fraction of sp³-hybridized carbons (Fsp3) is 0.0500. The molecule has 0 bridgehead atoms. The number of rotatable bonds is 3. The molecule has 0 saturated carbocycles. The summed E-state index contributed by atoms with van der Waals surface area (Å²) in [4.78, 5) is 39.5. The van der Waals surface area contributed by atoms with E-state index in [0.29, 0.717) is 22.2 Å². The van der Waals surface area contributed by atoms with Crippen LogP contribution in [-0.4, -0.2) is 24.0 Å². The number of esters is 1. The molecule has 2 heterocycles. The second-order valence-electron chi connectivity index (χ2n) is 5.87. The predicted molar refractivity (Wildman–Crippen MR) is 106 cm³/mol. The van der Waals surface area contributed by atoms with Crippen molar-refractivity contribution in [3.63, 3.8) is 0 Å². The van der Waals surface area contributed by atoms with Gasteiger partial charge in [0.25, 0.3) is 11.5 Å².